The highest BCUT2D eigenvalue weighted by molar-refractivity contribution is 7.32. The molecule has 0 amide bonds. The SMILES string of the molecule is O=[P+](O)OCCNCc1ccc(CCCCCCc2ccccc2)c2cccnc12. The Bertz CT molecular complexity index is 934. The number of benzene rings is 2. The molecule has 158 valence electrons. The third kappa shape index (κ3) is 7.26. The number of pyridine rings is 1. The molecule has 0 aliphatic carbocycles. The second kappa shape index (κ2) is 12.5. The molecule has 0 radical (unpaired) electrons. The molecule has 3 rings (SSSR count). The fourth-order valence-electron chi connectivity index (χ4n) is 3.71. The van der Waals surface area contributed by atoms with Gasteiger partial charge in [0, 0.05) is 29.2 Å². The first-order chi connectivity index (χ1) is 14.7. The molecule has 0 spiro atoms. The molecular weight excluding hydrogens is 395 g/mol. The Morgan fingerprint density at radius 2 is 1.67 bits per heavy atom. The highest BCUT2D eigenvalue weighted by atomic mass is 31.1. The summed E-state index contributed by atoms with van der Waals surface area (Å²) in [6, 6.07) is 19.2. The van der Waals surface area contributed by atoms with Crippen molar-refractivity contribution >= 4 is 19.2 Å². The summed E-state index contributed by atoms with van der Waals surface area (Å²) in [6.07, 6.45) is 8.99. The Hall–Kier alpha value is -2.17. The van der Waals surface area contributed by atoms with Crippen molar-refractivity contribution < 1.29 is 14.0 Å². The van der Waals surface area contributed by atoms with Gasteiger partial charge in [0.15, 0.2) is 0 Å². The van der Waals surface area contributed by atoms with Gasteiger partial charge in [0.05, 0.1) is 5.52 Å². The highest BCUT2D eigenvalue weighted by Gasteiger charge is 2.11. The Kier molecular flexibility index (Phi) is 9.39. The Morgan fingerprint density at radius 3 is 2.47 bits per heavy atom. The van der Waals surface area contributed by atoms with Crippen molar-refractivity contribution in [3.63, 3.8) is 0 Å². The van der Waals surface area contributed by atoms with Gasteiger partial charge in [-0.2, -0.15) is 0 Å². The van der Waals surface area contributed by atoms with E-state index in [1.807, 2.05) is 12.3 Å². The van der Waals surface area contributed by atoms with Crippen molar-refractivity contribution in [1.82, 2.24) is 10.3 Å². The van der Waals surface area contributed by atoms with Crippen LogP contribution in [0.3, 0.4) is 0 Å². The molecule has 6 heteroatoms. The van der Waals surface area contributed by atoms with Gasteiger partial charge in [-0.1, -0.05) is 61.4 Å². The lowest BCUT2D eigenvalue weighted by Gasteiger charge is -2.11. The molecule has 1 atom stereocenters. The third-order valence-electron chi connectivity index (χ3n) is 5.24. The quantitative estimate of drug-likeness (QED) is 0.286. The largest absolute Gasteiger partial charge is 0.694 e. The fraction of sp³-hybridized carbons (Fsp3) is 0.375. The van der Waals surface area contributed by atoms with E-state index in [1.165, 1.54) is 42.2 Å². The van der Waals surface area contributed by atoms with Gasteiger partial charge in [0.1, 0.15) is 6.61 Å². The average molecular weight is 425 g/mol. The summed E-state index contributed by atoms with van der Waals surface area (Å²) in [6.45, 7) is 1.37. The van der Waals surface area contributed by atoms with Crippen LogP contribution in [0.15, 0.2) is 60.8 Å². The predicted octanol–water partition coefficient (Wildman–Crippen LogP) is 5.34. The standard InChI is InChI=1S/C24H29N2O3P/c27-30(28)29-18-17-25-19-22-15-14-21(23-13-8-16-26-24(22)23)12-7-2-1-4-9-20-10-5-3-6-11-20/h3,5-6,8,10-11,13-16,25H,1-2,4,7,9,12,17-19H2/p+1. The van der Waals surface area contributed by atoms with Gasteiger partial charge in [0.25, 0.3) is 0 Å². The van der Waals surface area contributed by atoms with Crippen molar-refractivity contribution in [2.45, 2.75) is 45.1 Å². The molecular formula is C24H30N2O3P+. The number of hydrogen-bond donors (Lipinski definition) is 2. The third-order valence-corrected chi connectivity index (χ3v) is 5.65. The van der Waals surface area contributed by atoms with Gasteiger partial charge in [0.2, 0.25) is 0 Å². The summed E-state index contributed by atoms with van der Waals surface area (Å²) in [4.78, 5) is 13.3. The van der Waals surface area contributed by atoms with Gasteiger partial charge in [-0.25, -0.2) is 0 Å². The summed E-state index contributed by atoms with van der Waals surface area (Å²) in [5, 5.41) is 4.46. The number of fused-ring (bicyclic) bond motifs is 1. The number of rotatable bonds is 13. The number of aryl methyl sites for hydroxylation is 2. The van der Waals surface area contributed by atoms with Crippen molar-refractivity contribution in [3.8, 4) is 0 Å². The van der Waals surface area contributed by atoms with Crippen molar-refractivity contribution in [2.24, 2.45) is 0 Å². The number of unbranched alkanes of at least 4 members (excludes halogenated alkanes) is 3. The first kappa shape index (κ1) is 22.5. The second-order valence-corrected chi connectivity index (χ2v) is 8.16. The molecule has 1 heterocycles. The van der Waals surface area contributed by atoms with E-state index in [0.29, 0.717) is 13.1 Å². The fourth-order valence-corrected chi connectivity index (χ4v) is 3.96. The van der Waals surface area contributed by atoms with E-state index in [1.54, 1.807) is 0 Å². The maximum absolute atomic E-state index is 10.5. The number of nitrogens with one attached hydrogen (secondary N) is 1. The summed E-state index contributed by atoms with van der Waals surface area (Å²) >= 11 is 0. The summed E-state index contributed by atoms with van der Waals surface area (Å²) in [5.41, 5.74) is 4.94. The molecule has 0 bridgehead atoms. The summed E-state index contributed by atoms with van der Waals surface area (Å²) in [5.74, 6) is 0. The average Bonchev–Trinajstić information content (AvgIpc) is 2.77. The van der Waals surface area contributed by atoms with Gasteiger partial charge >= 0.3 is 8.25 Å². The molecule has 1 aromatic heterocycles. The number of nitrogens with zero attached hydrogens (tertiary/aromatic N) is 1. The predicted molar refractivity (Wildman–Crippen MR) is 122 cm³/mol. The van der Waals surface area contributed by atoms with Crippen molar-refractivity contribution in [3.05, 3.63) is 77.5 Å². The lowest BCUT2D eigenvalue weighted by Crippen LogP contribution is -2.18. The topological polar surface area (TPSA) is 71.5 Å². The first-order valence-electron chi connectivity index (χ1n) is 10.6. The number of aromatic nitrogens is 1. The van der Waals surface area contributed by atoms with E-state index in [2.05, 4.69) is 63.4 Å². The van der Waals surface area contributed by atoms with E-state index in [0.717, 1.165) is 23.9 Å². The smallest absolute Gasteiger partial charge is 0.310 e. The lowest BCUT2D eigenvalue weighted by molar-refractivity contribution is 0.280. The zero-order chi connectivity index (χ0) is 21.0. The molecule has 0 fully saturated rings. The van der Waals surface area contributed by atoms with Crippen LogP contribution >= 0.6 is 8.25 Å². The molecule has 0 saturated carbocycles. The molecule has 1 unspecified atom stereocenters. The van der Waals surface area contributed by atoms with Crippen LogP contribution in [0.5, 0.6) is 0 Å². The Morgan fingerprint density at radius 1 is 0.900 bits per heavy atom. The maximum atomic E-state index is 10.5. The lowest BCUT2D eigenvalue weighted by atomic mass is 9.98. The summed E-state index contributed by atoms with van der Waals surface area (Å²) in [7, 11) is -2.53. The van der Waals surface area contributed by atoms with Crippen LogP contribution in [0, 0.1) is 0 Å². The van der Waals surface area contributed by atoms with E-state index < -0.39 is 8.25 Å². The van der Waals surface area contributed by atoms with Crippen LogP contribution < -0.4 is 5.32 Å². The normalized spacial score (nSPS) is 11.7. The van der Waals surface area contributed by atoms with Gasteiger partial charge in [-0.15, -0.1) is 9.42 Å². The van der Waals surface area contributed by atoms with E-state index in [-0.39, 0.29) is 6.61 Å². The van der Waals surface area contributed by atoms with Gasteiger partial charge < -0.3 is 5.32 Å². The number of hydrogen-bond acceptors (Lipinski definition) is 4. The molecule has 2 N–H and O–H groups in total. The van der Waals surface area contributed by atoms with Gasteiger partial charge in [-0.05, 0) is 48.4 Å². The molecule has 30 heavy (non-hydrogen) atoms. The molecule has 5 nitrogen and oxygen atoms in total. The van der Waals surface area contributed by atoms with Crippen molar-refractivity contribution in [2.75, 3.05) is 13.2 Å². The Labute approximate surface area is 179 Å². The van der Waals surface area contributed by atoms with Crippen LogP contribution in [0.25, 0.3) is 10.9 Å². The van der Waals surface area contributed by atoms with Crippen LogP contribution in [-0.2, 0) is 28.5 Å². The van der Waals surface area contributed by atoms with E-state index in [9.17, 15) is 4.57 Å². The zero-order valence-corrected chi connectivity index (χ0v) is 18.2. The van der Waals surface area contributed by atoms with Crippen LogP contribution in [0.2, 0.25) is 0 Å². The summed E-state index contributed by atoms with van der Waals surface area (Å²) < 4.78 is 15.2. The Balaban J connectivity index is 1.47. The minimum Gasteiger partial charge on any atom is -0.310 e. The molecule has 0 aliphatic heterocycles. The van der Waals surface area contributed by atoms with Crippen molar-refractivity contribution in [1.29, 1.82) is 0 Å². The van der Waals surface area contributed by atoms with Crippen LogP contribution in [0.1, 0.15) is 42.4 Å². The molecule has 2 aromatic carbocycles. The molecule has 0 aliphatic rings. The van der Waals surface area contributed by atoms with Crippen LogP contribution in [0.4, 0.5) is 0 Å². The first-order valence-corrected chi connectivity index (χ1v) is 11.8. The second-order valence-electron chi connectivity index (χ2n) is 7.43. The monoisotopic (exact) mass is 425 g/mol. The highest BCUT2D eigenvalue weighted by Crippen LogP contribution is 2.23. The zero-order valence-electron chi connectivity index (χ0n) is 17.3. The van der Waals surface area contributed by atoms with Gasteiger partial charge in [-0.3, -0.25) is 4.98 Å². The molecule has 0 saturated heterocycles. The van der Waals surface area contributed by atoms with E-state index in [4.69, 9.17) is 4.89 Å². The molecule has 3 aromatic rings. The van der Waals surface area contributed by atoms with Crippen LogP contribution in [-0.4, -0.2) is 23.0 Å². The van der Waals surface area contributed by atoms with E-state index >= 15 is 0 Å². The minimum absolute atomic E-state index is 0.208. The maximum Gasteiger partial charge on any atom is 0.694 e. The minimum atomic E-state index is -2.53.